The normalized spacial score (nSPS) is 12.2. The van der Waals surface area contributed by atoms with Gasteiger partial charge in [-0.1, -0.05) is 22.0 Å². The van der Waals surface area contributed by atoms with Crippen molar-refractivity contribution >= 4 is 31.9 Å². The summed E-state index contributed by atoms with van der Waals surface area (Å²) in [6, 6.07) is 12.2. The van der Waals surface area contributed by atoms with Crippen LogP contribution >= 0.6 is 31.9 Å². The van der Waals surface area contributed by atoms with Crippen LogP contribution in [-0.2, 0) is 6.42 Å². The molecule has 0 saturated heterocycles. The molecule has 0 amide bonds. The van der Waals surface area contributed by atoms with E-state index in [9.17, 15) is 0 Å². The lowest BCUT2D eigenvalue weighted by Crippen LogP contribution is -2.17. The first kappa shape index (κ1) is 15.5. The van der Waals surface area contributed by atoms with Crippen LogP contribution in [0.4, 0.5) is 0 Å². The smallest absolute Gasteiger partial charge is 0.141 e. The molecule has 0 aliphatic carbocycles. The van der Waals surface area contributed by atoms with Gasteiger partial charge in [0.2, 0.25) is 0 Å². The van der Waals surface area contributed by atoms with E-state index in [1.54, 1.807) is 0 Å². The number of nitrogens with two attached hydrogens (primary N) is 1. The molecule has 0 saturated carbocycles. The van der Waals surface area contributed by atoms with Crippen molar-refractivity contribution in [1.29, 1.82) is 0 Å². The number of halogens is 2. The summed E-state index contributed by atoms with van der Waals surface area (Å²) in [5, 5.41) is 0. The second-order valence-electron chi connectivity index (χ2n) is 4.96. The van der Waals surface area contributed by atoms with Crippen molar-refractivity contribution in [2.45, 2.75) is 26.3 Å². The third kappa shape index (κ3) is 4.08. The van der Waals surface area contributed by atoms with E-state index in [-0.39, 0.29) is 6.04 Å². The zero-order valence-electron chi connectivity index (χ0n) is 11.5. The summed E-state index contributed by atoms with van der Waals surface area (Å²) in [7, 11) is 0. The largest absolute Gasteiger partial charge is 0.456 e. The maximum Gasteiger partial charge on any atom is 0.141 e. The monoisotopic (exact) mass is 397 g/mol. The minimum Gasteiger partial charge on any atom is -0.456 e. The van der Waals surface area contributed by atoms with E-state index in [0.29, 0.717) is 0 Å². The molecule has 0 aliphatic heterocycles. The lowest BCUT2D eigenvalue weighted by molar-refractivity contribution is 0.478. The van der Waals surface area contributed by atoms with Crippen molar-refractivity contribution in [1.82, 2.24) is 0 Å². The van der Waals surface area contributed by atoms with E-state index in [0.717, 1.165) is 32.4 Å². The molecule has 4 heteroatoms. The highest BCUT2D eigenvalue weighted by Crippen LogP contribution is 2.32. The van der Waals surface area contributed by atoms with E-state index in [2.05, 4.69) is 44.0 Å². The average Bonchev–Trinajstić information content (AvgIpc) is 2.36. The molecule has 0 spiro atoms. The van der Waals surface area contributed by atoms with Crippen LogP contribution < -0.4 is 10.5 Å². The lowest BCUT2D eigenvalue weighted by atomic mass is 10.1. The molecule has 0 heterocycles. The van der Waals surface area contributed by atoms with Gasteiger partial charge in [-0.2, -0.15) is 0 Å². The molecule has 2 N–H and O–H groups in total. The fraction of sp³-hybridized carbons (Fsp3) is 0.250. The van der Waals surface area contributed by atoms with Gasteiger partial charge in [0.05, 0.1) is 4.47 Å². The van der Waals surface area contributed by atoms with Crippen LogP contribution in [0.15, 0.2) is 45.3 Å². The topological polar surface area (TPSA) is 35.2 Å². The molecule has 2 nitrogen and oxygen atoms in total. The van der Waals surface area contributed by atoms with Crippen molar-refractivity contribution < 1.29 is 4.74 Å². The molecule has 0 bridgehead atoms. The first-order valence-electron chi connectivity index (χ1n) is 6.43. The standard InChI is InChI=1S/C16H17Br2NO/c1-10-7-13(4-5-14(10)17)20-16-6-3-12(8-11(2)19)9-15(16)18/h3-7,9,11H,8,19H2,1-2H3. The molecule has 1 atom stereocenters. The number of ether oxygens (including phenoxy) is 1. The zero-order valence-corrected chi connectivity index (χ0v) is 14.7. The van der Waals surface area contributed by atoms with Crippen molar-refractivity contribution in [3.63, 3.8) is 0 Å². The third-order valence-electron chi connectivity index (χ3n) is 2.91. The Morgan fingerprint density at radius 2 is 1.85 bits per heavy atom. The molecule has 0 fully saturated rings. The Bertz CT molecular complexity index is 611. The Labute approximate surface area is 136 Å². The minimum absolute atomic E-state index is 0.155. The molecule has 2 rings (SSSR count). The quantitative estimate of drug-likeness (QED) is 0.767. The Hall–Kier alpha value is -0.840. The fourth-order valence-electron chi connectivity index (χ4n) is 1.93. The van der Waals surface area contributed by atoms with E-state index < -0.39 is 0 Å². The summed E-state index contributed by atoms with van der Waals surface area (Å²) in [6.45, 7) is 4.04. The van der Waals surface area contributed by atoms with Crippen LogP contribution in [0, 0.1) is 6.92 Å². The molecular formula is C16H17Br2NO. The summed E-state index contributed by atoms with van der Waals surface area (Å²) in [4.78, 5) is 0. The Kier molecular flexibility index (Phi) is 5.24. The molecule has 2 aromatic carbocycles. The fourth-order valence-corrected chi connectivity index (χ4v) is 2.69. The van der Waals surface area contributed by atoms with Gasteiger partial charge >= 0.3 is 0 Å². The van der Waals surface area contributed by atoms with E-state index in [1.807, 2.05) is 38.1 Å². The van der Waals surface area contributed by atoms with Crippen LogP contribution in [0.5, 0.6) is 11.5 Å². The van der Waals surface area contributed by atoms with Gasteiger partial charge in [-0.05, 0) is 77.7 Å². The van der Waals surface area contributed by atoms with Gasteiger partial charge in [0, 0.05) is 10.5 Å². The molecule has 2 aromatic rings. The highest BCUT2D eigenvalue weighted by atomic mass is 79.9. The van der Waals surface area contributed by atoms with Crippen molar-refractivity contribution in [2.24, 2.45) is 5.73 Å². The van der Waals surface area contributed by atoms with Crippen LogP contribution in [-0.4, -0.2) is 6.04 Å². The molecular weight excluding hydrogens is 382 g/mol. The zero-order chi connectivity index (χ0) is 14.7. The summed E-state index contributed by atoms with van der Waals surface area (Å²) in [6.07, 6.45) is 0.857. The van der Waals surface area contributed by atoms with Crippen molar-refractivity contribution in [2.75, 3.05) is 0 Å². The van der Waals surface area contributed by atoms with Gasteiger partial charge in [0.25, 0.3) is 0 Å². The number of hydrogen-bond acceptors (Lipinski definition) is 2. The predicted octanol–water partition coefficient (Wildman–Crippen LogP) is 5.20. The third-order valence-corrected chi connectivity index (χ3v) is 4.42. The molecule has 106 valence electrons. The minimum atomic E-state index is 0.155. The van der Waals surface area contributed by atoms with E-state index >= 15 is 0 Å². The number of benzene rings is 2. The number of hydrogen-bond donors (Lipinski definition) is 1. The van der Waals surface area contributed by atoms with Crippen LogP contribution in [0.2, 0.25) is 0 Å². The summed E-state index contributed by atoms with van der Waals surface area (Å²) in [5.74, 6) is 1.63. The molecule has 0 radical (unpaired) electrons. The Balaban J connectivity index is 2.19. The SMILES string of the molecule is Cc1cc(Oc2ccc(CC(C)N)cc2Br)ccc1Br. The van der Waals surface area contributed by atoms with Gasteiger partial charge in [-0.25, -0.2) is 0 Å². The number of aryl methyl sites for hydroxylation is 1. The second kappa shape index (κ2) is 6.74. The van der Waals surface area contributed by atoms with Gasteiger partial charge in [0.1, 0.15) is 11.5 Å². The summed E-state index contributed by atoms with van der Waals surface area (Å²) >= 11 is 7.04. The summed E-state index contributed by atoms with van der Waals surface area (Å²) in [5.41, 5.74) is 8.16. The van der Waals surface area contributed by atoms with E-state index in [4.69, 9.17) is 10.5 Å². The first-order chi connectivity index (χ1) is 9.45. The van der Waals surface area contributed by atoms with Gasteiger partial charge < -0.3 is 10.5 Å². The van der Waals surface area contributed by atoms with Crippen LogP contribution in [0.1, 0.15) is 18.1 Å². The first-order valence-corrected chi connectivity index (χ1v) is 8.02. The molecule has 0 aliphatic rings. The maximum absolute atomic E-state index is 5.91. The number of rotatable bonds is 4. The second-order valence-corrected chi connectivity index (χ2v) is 6.67. The van der Waals surface area contributed by atoms with Gasteiger partial charge in [-0.15, -0.1) is 0 Å². The summed E-state index contributed by atoms with van der Waals surface area (Å²) < 4.78 is 7.93. The highest BCUT2D eigenvalue weighted by molar-refractivity contribution is 9.10. The highest BCUT2D eigenvalue weighted by Gasteiger charge is 2.06. The van der Waals surface area contributed by atoms with Gasteiger partial charge in [-0.3, -0.25) is 0 Å². The maximum atomic E-state index is 5.91. The molecule has 1 unspecified atom stereocenters. The van der Waals surface area contributed by atoms with Crippen molar-refractivity contribution in [3.8, 4) is 11.5 Å². The van der Waals surface area contributed by atoms with E-state index in [1.165, 1.54) is 5.56 Å². The van der Waals surface area contributed by atoms with Crippen LogP contribution in [0.3, 0.4) is 0 Å². The van der Waals surface area contributed by atoms with Crippen molar-refractivity contribution in [3.05, 3.63) is 56.5 Å². The predicted molar refractivity (Wildman–Crippen MR) is 90.4 cm³/mol. The van der Waals surface area contributed by atoms with Gasteiger partial charge in [0.15, 0.2) is 0 Å². The molecule has 20 heavy (non-hydrogen) atoms. The molecule has 0 aromatic heterocycles. The lowest BCUT2D eigenvalue weighted by Gasteiger charge is -2.11. The Morgan fingerprint density at radius 3 is 2.45 bits per heavy atom. The Morgan fingerprint density at radius 1 is 1.10 bits per heavy atom. The van der Waals surface area contributed by atoms with Crippen LogP contribution in [0.25, 0.3) is 0 Å². The average molecular weight is 399 g/mol.